The fourth-order valence-electron chi connectivity index (χ4n) is 2.23. The molecule has 5 heteroatoms. The molecule has 1 atom stereocenters. The van der Waals surface area contributed by atoms with Crippen LogP contribution in [0, 0.1) is 5.82 Å². The highest BCUT2D eigenvalue weighted by atomic mass is 35.5. The minimum atomic E-state index is -0.481. The first-order valence-corrected chi connectivity index (χ1v) is 6.74. The van der Waals surface area contributed by atoms with Crippen molar-refractivity contribution < 1.29 is 13.9 Å². The largest absolute Gasteiger partial charge is 0.484 e. The van der Waals surface area contributed by atoms with Gasteiger partial charge in [0.05, 0.1) is 12.0 Å². The maximum Gasteiger partial charge on any atom is 0.170 e. The standard InChI is InChI=1S/C15H9Cl2FO2/c16-8-1-3-10(12(17)5-8)15-7-13(19)11-6-9(18)2-4-14(11)20-15/h1-6,15H,7H2. The van der Waals surface area contributed by atoms with Crippen molar-refractivity contribution in [3.05, 3.63) is 63.4 Å². The third-order valence-electron chi connectivity index (χ3n) is 3.19. The van der Waals surface area contributed by atoms with Crippen LogP contribution < -0.4 is 4.74 Å². The van der Waals surface area contributed by atoms with Gasteiger partial charge in [0.2, 0.25) is 0 Å². The Hall–Kier alpha value is -1.58. The third kappa shape index (κ3) is 2.39. The van der Waals surface area contributed by atoms with Gasteiger partial charge in [0, 0.05) is 15.6 Å². The van der Waals surface area contributed by atoms with Gasteiger partial charge in [0.15, 0.2) is 5.78 Å². The van der Waals surface area contributed by atoms with Gasteiger partial charge in [-0.3, -0.25) is 4.79 Å². The van der Waals surface area contributed by atoms with E-state index in [9.17, 15) is 9.18 Å². The smallest absolute Gasteiger partial charge is 0.170 e. The lowest BCUT2D eigenvalue weighted by molar-refractivity contribution is 0.0849. The number of hydrogen-bond acceptors (Lipinski definition) is 2. The van der Waals surface area contributed by atoms with E-state index in [2.05, 4.69) is 0 Å². The van der Waals surface area contributed by atoms with Crippen LogP contribution in [0.3, 0.4) is 0 Å². The van der Waals surface area contributed by atoms with E-state index >= 15 is 0 Å². The summed E-state index contributed by atoms with van der Waals surface area (Å²) in [6, 6.07) is 8.94. The molecule has 0 amide bonds. The molecule has 102 valence electrons. The summed E-state index contributed by atoms with van der Waals surface area (Å²) in [5.41, 5.74) is 0.964. The Kier molecular flexibility index (Phi) is 3.40. The molecule has 0 saturated carbocycles. The van der Waals surface area contributed by atoms with Crippen LogP contribution in [0.2, 0.25) is 10.0 Å². The summed E-state index contributed by atoms with van der Waals surface area (Å²) in [6.07, 6.45) is -0.358. The van der Waals surface area contributed by atoms with Crippen LogP contribution in [0.25, 0.3) is 0 Å². The normalized spacial score (nSPS) is 17.6. The summed E-state index contributed by atoms with van der Waals surface area (Å²) in [5.74, 6) is -0.246. The van der Waals surface area contributed by atoms with Crippen LogP contribution in [-0.2, 0) is 0 Å². The molecule has 2 aromatic carbocycles. The van der Waals surface area contributed by atoms with Crippen LogP contribution in [0.4, 0.5) is 4.39 Å². The fraction of sp³-hybridized carbons (Fsp3) is 0.133. The van der Waals surface area contributed by atoms with Gasteiger partial charge >= 0.3 is 0 Å². The zero-order valence-corrected chi connectivity index (χ0v) is 11.7. The molecule has 0 fully saturated rings. The van der Waals surface area contributed by atoms with Crippen LogP contribution >= 0.6 is 23.2 Å². The lowest BCUT2D eigenvalue weighted by atomic mass is 9.96. The quantitative estimate of drug-likeness (QED) is 0.753. The summed E-state index contributed by atoms with van der Waals surface area (Å²) in [7, 11) is 0. The number of ether oxygens (including phenoxy) is 1. The van der Waals surface area contributed by atoms with Gasteiger partial charge in [-0.25, -0.2) is 4.39 Å². The molecule has 0 radical (unpaired) electrons. The Balaban J connectivity index is 1.99. The van der Waals surface area contributed by atoms with Crippen LogP contribution in [0.1, 0.15) is 28.4 Å². The second-order valence-corrected chi connectivity index (χ2v) is 5.38. The Bertz CT molecular complexity index is 700. The molecule has 1 aliphatic heterocycles. The molecule has 1 heterocycles. The highest BCUT2D eigenvalue weighted by Crippen LogP contribution is 2.38. The molecule has 20 heavy (non-hydrogen) atoms. The van der Waals surface area contributed by atoms with E-state index in [1.54, 1.807) is 18.2 Å². The van der Waals surface area contributed by atoms with E-state index in [-0.39, 0.29) is 17.8 Å². The van der Waals surface area contributed by atoms with Crippen molar-refractivity contribution in [2.24, 2.45) is 0 Å². The van der Waals surface area contributed by atoms with Crippen molar-refractivity contribution in [3.8, 4) is 5.75 Å². The minimum Gasteiger partial charge on any atom is -0.484 e. The van der Waals surface area contributed by atoms with Gasteiger partial charge in [0.1, 0.15) is 17.7 Å². The van der Waals surface area contributed by atoms with E-state index in [4.69, 9.17) is 27.9 Å². The molecule has 0 N–H and O–H groups in total. The van der Waals surface area contributed by atoms with E-state index in [1.165, 1.54) is 18.2 Å². The predicted octanol–water partition coefficient (Wildman–Crippen LogP) is 4.84. The topological polar surface area (TPSA) is 26.3 Å². The molecule has 0 saturated heterocycles. The highest BCUT2D eigenvalue weighted by Gasteiger charge is 2.29. The Morgan fingerprint density at radius 1 is 1.15 bits per heavy atom. The number of ketones is 1. The zero-order chi connectivity index (χ0) is 14.3. The fourth-order valence-corrected chi connectivity index (χ4v) is 2.76. The number of carbonyl (C=O) groups excluding carboxylic acids is 1. The third-order valence-corrected chi connectivity index (χ3v) is 3.75. The second-order valence-electron chi connectivity index (χ2n) is 4.54. The van der Waals surface area contributed by atoms with Crippen LogP contribution in [0.15, 0.2) is 36.4 Å². The van der Waals surface area contributed by atoms with Crippen molar-refractivity contribution in [2.45, 2.75) is 12.5 Å². The Morgan fingerprint density at radius 2 is 1.95 bits per heavy atom. The van der Waals surface area contributed by atoms with Gasteiger partial charge in [-0.05, 0) is 30.3 Å². The molecule has 1 aliphatic rings. The van der Waals surface area contributed by atoms with E-state index in [1.807, 2.05) is 0 Å². The summed E-state index contributed by atoms with van der Waals surface area (Å²) in [5, 5.41) is 0.962. The predicted molar refractivity (Wildman–Crippen MR) is 75.2 cm³/mol. The number of Topliss-reactive ketones (excluding diaryl/α,β-unsaturated/α-hetero) is 1. The highest BCUT2D eigenvalue weighted by molar-refractivity contribution is 6.35. The first-order chi connectivity index (χ1) is 9.54. The maximum absolute atomic E-state index is 13.2. The van der Waals surface area contributed by atoms with Crippen molar-refractivity contribution in [3.63, 3.8) is 0 Å². The average Bonchev–Trinajstić information content (AvgIpc) is 2.39. The zero-order valence-electron chi connectivity index (χ0n) is 10.2. The minimum absolute atomic E-state index is 0.123. The van der Waals surface area contributed by atoms with Gasteiger partial charge in [-0.1, -0.05) is 29.3 Å². The Morgan fingerprint density at radius 3 is 2.70 bits per heavy atom. The SMILES string of the molecule is O=C1CC(c2ccc(Cl)cc2Cl)Oc2ccc(F)cc21. The average molecular weight is 311 g/mol. The number of fused-ring (bicyclic) bond motifs is 1. The monoisotopic (exact) mass is 310 g/mol. The number of benzene rings is 2. The lowest BCUT2D eigenvalue weighted by Gasteiger charge is -2.26. The Labute approximate surface area is 125 Å². The second kappa shape index (κ2) is 5.08. The van der Waals surface area contributed by atoms with Gasteiger partial charge in [0.25, 0.3) is 0 Å². The van der Waals surface area contributed by atoms with Crippen LogP contribution in [-0.4, -0.2) is 5.78 Å². The van der Waals surface area contributed by atoms with Gasteiger partial charge in [-0.2, -0.15) is 0 Å². The molecule has 0 aliphatic carbocycles. The summed E-state index contributed by atoms with van der Waals surface area (Å²) in [6.45, 7) is 0. The summed E-state index contributed by atoms with van der Waals surface area (Å²) in [4.78, 5) is 12.1. The van der Waals surface area contributed by atoms with E-state index in [0.29, 0.717) is 21.4 Å². The first-order valence-electron chi connectivity index (χ1n) is 5.99. The first kappa shape index (κ1) is 13.4. The van der Waals surface area contributed by atoms with E-state index < -0.39 is 11.9 Å². The maximum atomic E-state index is 13.2. The number of rotatable bonds is 1. The summed E-state index contributed by atoms with van der Waals surface area (Å²) < 4.78 is 18.9. The molecule has 3 rings (SSSR count). The molecule has 0 bridgehead atoms. The van der Waals surface area contributed by atoms with Gasteiger partial charge < -0.3 is 4.74 Å². The molecule has 0 aromatic heterocycles. The van der Waals surface area contributed by atoms with Crippen molar-refractivity contribution in [1.29, 1.82) is 0 Å². The number of halogens is 3. The van der Waals surface area contributed by atoms with Crippen molar-refractivity contribution >= 4 is 29.0 Å². The van der Waals surface area contributed by atoms with E-state index in [0.717, 1.165) is 0 Å². The molecular weight excluding hydrogens is 302 g/mol. The molecule has 0 spiro atoms. The number of carbonyl (C=O) groups is 1. The van der Waals surface area contributed by atoms with Crippen molar-refractivity contribution in [1.82, 2.24) is 0 Å². The molecule has 1 unspecified atom stereocenters. The number of hydrogen-bond donors (Lipinski definition) is 0. The molecular formula is C15H9Cl2FO2. The van der Waals surface area contributed by atoms with Crippen molar-refractivity contribution in [2.75, 3.05) is 0 Å². The molecule has 2 nitrogen and oxygen atoms in total. The van der Waals surface area contributed by atoms with Crippen LogP contribution in [0.5, 0.6) is 5.75 Å². The molecule has 2 aromatic rings. The lowest BCUT2D eigenvalue weighted by Crippen LogP contribution is -2.20. The van der Waals surface area contributed by atoms with Gasteiger partial charge in [-0.15, -0.1) is 0 Å². The summed E-state index contributed by atoms with van der Waals surface area (Å²) >= 11 is 12.0.